The topological polar surface area (TPSA) is 55.0 Å². The van der Waals surface area contributed by atoms with Crippen molar-refractivity contribution in [3.63, 3.8) is 0 Å². The highest BCUT2D eigenvalue weighted by atomic mass is 79.9. The molecule has 0 atom stereocenters. The molecule has 0 saturated carbocycles. The number of aromatic nitrogens is 2. The molecule has 4 nitrogen and oxygen atoms in total. The molecule has 5 heteroatoms. The van der Waals surface area contributed by atoms with Gasteiger partial charge in [0.15, 0.2) is 0 Å². The molecule has 0 aliphatic carbocycles. The van der Waals surface area contributed by atoms with E-state index in [1.54, 1.807) is 0 Å². The van der Waals surface area contributed by atoms with Crippen LogP contribution in [0.3, 0.4) is 0 Å². The van der Waals surface area contributed by atoms with Gasteiger partial charge in [0.25, 0.3) is 0 Å². The number of hydrogen-bond acceptors (Lipinski definition) is 4. The molecule has 0 saturated heterocycles. The maximum atomic E-state index is 6.02. The zero-order valence-electron chi connectivity index (χ0n) is 12.7. The molecule has 2 aromatic rings. The summed E-state index contributed by atoms with van der Waals surface area (Å²) in [6, 6.07) is 8.31. The van der Waals surface area contributed by atoms with E-state index in [9.17, 15) is 0 Å². The van der Waals surface area contributed by atoms with Gasteiger partial charge in [-0.25, -0.2) is 9.97 Å². The minimum Gasteiger partial charge on any atom is -0.383 e. The van der Waals surface area contributed by atoms with Gasteiger partial charge in [-0.1, -0.05) is 35.0 Å². The quantitative estimate of drug-likeness (QED) is 0.894. The van der Waals surface area contributed by atoms with Gasteiger partial charge in [-0.3, -0.25) is 0 Å². The Kier molecular flexibility index (Phi) is 5.17. The fraction of sp³-hybridized carbons (Fsp3) is 0.375. The highest BCUT2D eigenvalue weighted by Gasteiger charge is 2.12. The second-order valence-corrected chi connectivity index (χ2v) is 6.12. The molecule has 112 valence electrons. The molecule has 0 bridgehead atoms. The van der Waals surface area contributed by atoms with Crippen molar-refractivity contribution in [1.82, 2.24) is 9.97 Å². The molecule has 21 heavy (non-hydrogen) atoms. The van der Waals surface area contributed by atoms with E-state index in [4.69, 9.17) is 5.73 Å². The second-order valence-electron chi connectivity index (χ2n) is 5.21. The van der Waals surface area contributed by atoms with Crippen LogP contribution in [0.25, 0.3) is 0 Å². The van der Waals surface area contributed by atoms with Gasteiger partial charge in [0.1, 0.15) is 17.5 Å². The largest absolute Gasteiger partial charge is 0.383 e. The van der Waals surface area contributed by atoms with Crippen LogP contribution in [0.1, 0.15) is 30.3 Å². The van der Waals surface area contributed by atoms with E-state index in [1.165, 1.54) is 5.56 Å². The highest BCUT2D eigenvalue weighted by Crippen LogP contribution is 2.23. The summed E-state index contributed by atoms with van der Waals surface area (Å²) in [4.78, 5) is 11.1. The summed E-state index contributed by atoms with van der Waals surface area (Å²) in [6.45, 7) is 4.87. The van der Waals surface area contributed by atoms with Crippen LogP contribution in [-0.4, -0.2) is 17.0 Å². The number of aryl methyl sites for hydroxylation is 1. The molecule has 0 aliphatic heterocycles. The molecule has 0 spiro atoms. The van der Waals surface area contributed by atoms with E-state index in [0.717, 1.165) is 41.1 Å². The second kappa shape index (κ2) is 6.89. The van der Waals surface area contributed by atoms with Gasteiger partial charge in [-0.05, 0) is 31.0 Å². The minimum absolute atomic E-state index is 0.575. The third-order valence-electron chi connectivity index (χ3n) is 3.37. The highest BCUT2D eigenvalue weighted by molar-refractivity contribution is 9.10. The summed E-state index contributed by atoms with van der Waals surface area (Å²) in [5, 5.41) is 0. The number of nitrogens with zero attached hydrogens (tertiary/aromatic N) is 3. The summed E-state index contributed by atoms with van der Waals surface area (Å²) in [5.41, 5.74) is 8.19. The van der Waals surface area contributed by atoms with E-state index < -0.39 is 0 Å². The molecular formula is C16H21BrN4. The predicted octanol–water partition coefficient (Wildman–Crippen LogP) is 3.72. The number of anilines is 2. The molecule has 0 unspecified atom stereocenters. The molecule has 1 heterocycles. The summed E-state index contributed by atoms with van der Waals surface area (Å²) < 4.78 is 1.08. The van der Waals surface area contributed by atoms with Crippen LogP contribution in [0.4, 0.5) is 11.6 Å². The summed E-state index contributed by atoms with van der Waals surface area (Å²) in [5.74, 6) is 2.30. The third-order valence-corrected chi connectivity index (χ3v) is 3.90. The molecule has 2 rings (SSSR count). The number of halogens is 1. The Bertz CT molecular complexity index is 610. The number of rotatable bonds is 5. The van der Waals surface area contributed by atoms with E-state index >= 15 is 0 Å². The fourth-order valence-electron chi connectivity index (χ4n) is 2.21. The van der Waals surface area contributed by atoms with Gasteiger partial charge in [0.2, 0.25) is 0 Å². The lowest BCUT2D eigenvalue weighted by Crippen LogP contribution is -2.21. The average molecular weight is 349 g/mol. The van der Waals surface area contributed by atoms with Crippen molar-refractivity contribution in [3.05, 3.63) is 45.7 Å². The first kappa shape index (κ1) is 15.8. The lowest BCUT2D eigenvalue weighted by atomic mass is 10.2. The van der Waals surface area contributed by atoms with E-state index in [2.05, 4.69) is 49.9 Å². The van der Waals surface area contributed by atoms with Gasteiger partial charge in [0.05, 0.1) is 0 Å². The smallest absolute Gasteiger partial charge is 0.137 e. The van der Waals surface area contributed by atoms with Gasteiger partial charge >= 0.3 is 0 Å². The monoisotopic (exact) mass is 348 g/mol. The molecular weight excluding hydrogens is 328 g/mol. The number of nitrogens with two attached hydrogens (primary N) is 1. The van der Waals surface area contributed by atoms with Crippen molar-refractivity contribution in [2.75, 3.05) is 17.7 Å². The van der Waals surface area contributed by atoms with Crippen LogP contribution >= 0.6 is 15.9 Å². The fourth-order valence-corrected chi connectivity index (χ4v) is 2.48. The zero-order valence-corrected chi connectivity index (χ0v) is 14.3. The van der Waals surface area contributed by atoms with E-state index in [1.807, 2.05) is 26.1 Å². The lowest BCUT2D eigenvalue weighted by Gasteiger charge is -2.21. The molecule has 0 radical (unpaired) electrons. The van der Waals surface area contributed by atoms with Crippen molar-refractivity contribution in [2.45, 2.75) is 33.2 Å². The van der Waals surface area contributed by atoms with Crippen LogP contribution in [0.15, 0.2) is 28.7 Å². The number of hydrogen-bond donors (Lipinski definition) is 1. The first-order valence-electron chi connectivity index (χ1n) is 7.09. The molecule has 0 amide bonds. The van der Waals surface area contributed by atoms with Crippen molar-refractivity contribution in [2.24, 2.45) is 0 Å². The van der Waals surface area contributed by atoms with Gasteiger partial charge in [-0.2, -0.15) is 0 Å². The van der Waals surface area contributed by atoms with E-state index in [0.29, 0.717) is 5.82 Å². The van der Waals surface area contributed by atoms with Crippen molar-refractivity contribution >= 4 is 27.6 Å². The summed E-state index contributed by atoms with van der Waals surface area (Å²) in [7, 11) is 2.03. The van der Waals surface area contributed by atoms with Crippen LogP contribution in [0.2, 0.25) is 0 Å². The van der Waals surface area contributed by atoms with Gasteiger partial charge in [-0.15, -0.1) is 0 Å². The average Bonchev–Trinajstić information content (AvgIpc) is 2.45. The molecule has 1 aromatic carbocycles. The first-order valence-corrected chi connectivity index (χ1v) is 7.89. The van der Waals surface area contributed by atoms with E-state index in [-0.39, 0.29) is 0 Å². The Morgan fingerprint density at radius 2 is 1.86 bits per heavy atom. The molecule has 0 aliphatic rings. The lowest BCUT2D eigenvalue weighted by molar-refractivity contribution is 0.809. The summed E-state index contributed by atoms with van der Waals surface area (Å²) in [6.07, 6.45) is 1.86. The first-order chi connectivity index (χ1) is 10.0. The number of benzene rings is 1. The minimum atomic E-state index is 0.575. The normalized spacial score (nSPS) is 10.7. The SMILES string of the molecule is CCCc1nc(N)c(C)c(N(C)Cc2ccc(Br)cc2)n1. The predicted molar refractivity (Wildman–Crippen MR) is 91.4 cm³/mol. The van der Waals surface area contributed by atoms with Crippen molar-refractivity contribution in [3.8, 4) is 0 Å². The maximum Gasteiger partial charge on any atom is 0.137 e. The zero-order chi connectivity index (χ0) is 15.4. The van der Waals surface area contributed by atoms with Gasteiger partial charge in [0, 0.05) is 30.0 Å². The van der Waals surface area contributed by atoms with Crippen LogP contribution in [-0.2, 0) is 13.0 Å². The van der Waals surface area contributed by atoms with Crippen LogP contribution in [0.5, 0.6) is 0 Å². The molecule has 2 N–H and O–H groups in total. The van der Waals surface area contributed by atoms with Gasteiger partial charge < -0.3 is 10.6 Å². The molecule has 0 fully saturated rings. The standard InChI is InChI=1S/C16H21BrN4/c1-4-5-14-19-15(18)11(2)16(20-14)21(3)10-12-6-8-13(17)9-7-12/h6-9H,4-5,10H2,1-3H3,(H2,18,19,20). The van der Waals surface area contributed by atoms with Crippen LogP contribution in [0, 0.1) is 6.92 Å². The Morgan fingerprint density at radius 3 is 2.48 bits per heavy atom. The van der Waals surface area contributed by atoms with Crippen molar-refractivity contribution in [1.29, 1.82) is 0 Å². The Hall–Kier alpha value is -1.62. The Morgan fingerprint density at radius 1 is 1.19 bits per heavy atom. The summed E-state index contributed by atoms with van der Waals surface area (Å²) >= 11 is 3.45. The number of nitrogen functional groups attached to an aromatic ring is 1. The Balaban J connectivity index is 2.25. The maximum absolute atomic E-state index is 6.02. The third kappa shape index (κ3) is 3.94. The molecule has 1 aromatic heterocycles. The Labute approximate surface area is 134 Å². The van der Waals surface area contributed by atoms with Crippen molar-refractivity contribution < 1.29 is 0 Å². The van der Waals surface area contributed by atoms with Crippen LogP contribution < -0.4 is 10.6 Å².